The van der Waals surface area contributed by atoms with Gasteiger partial charge in [-0.1, -0.05) is 42.7 Å². The zero-order chi connectivity index (χ0) is 17.2. The largest absolute Gasteiger partial charge is 0.398 e. The van der Waals surface area contributed by atoms with E-state index in [1.165, 1.54) is 36.6 Å². The van der Waals surface area contributed by atoms with E-state index in [-0.39, 0.29) is 5.56 Å². The number of nitrogens with two attached hydrogens (primary N) is 1. The molecule has 0 atom stereocenters. The molecular weight excluding hydrogens is 352 g/mol. The van der Waals surface area contributed by atoms with Crippen LogP contribution in [0.3, 0.4) is 0 Å². The van der Waals surface area contributed by atoms with Crippen LogP contribution in [0, 0.1) is 0 Å². The summed E-state index contributed by atoms with van der Waals surface area (Å²) in [5.41, 5.74) is 7.41. The zero-order valence-electron chi connectivity index (χ0n) is 13.9. The van der Waals surface area contributed by atoms with Gasteiger partial charge in [0.25, 0.3) is 5.56 Å². The maximum absolute atomic E-state index is 12.4. The Morgan fingerprint density at radius 2 is 2.04 bits per heavy atom. The van der Waals surface area contributed by atoms with Crippen LogP contribution in [0.25, 0.3) is 4.96 Å². The maximum Gasteiger partial charge on any atom is 0.275 e. The van der Waals surface area contributed by atoms with Crippen molar-refractivity contribution >= 4 is 33.7 Å². The van der Waals surface area contributed by atoms with Gasteiger partial charge in [-0.2, -0.15) is 9.61 Å². The monoisotopic (exact) mass is 372 g/mol. The summed E-state index contributed by atoms with van der Waals surface area (Å²) in [6, 6.07) is 9.33. The van der Waals surface area contributed by atoms with Crippen LogP contribution in [0.4, 0.5) is 5.69 Å². The zero-order valence-corrected chi connectivity index (χ0v) is 15.5. The summed E-state index contributed by atoms with van der Waals surface area (Å²) in [6.07, 6.45) is 6.16. The van der Waals surface area contributed by atoms with Crippen molar-refractivity contribution in [1.29, 1.82) is 0 Å². The molecule has 5 nitrogen and oxygen atoms in total. The van der Waals surface area contributed by atoms with E-state index < -0.39 is 0 Å². The molecule has 1 fully saturated rings. The molecular formula is C18H20N4OS2. The highest BCUT2D eigenvalue weighted by molar-refractivity contribution is 7.98. The Kier molecular flexibility index (Phi) is 4.76. The lowest BCUT2D eigenvalue weighted by molar-refractivity contribution is 0.439. The predicted molar refractivity (Wildman–Crippen MR) is 103 cm³/mol. The number of nitrogens with zero attached hydrogens (tertiary/aromatic N) is 3. The minimum absolute atomic E-state index is 0.0973. The lowest BCUT2D eigenvalue weighted by Gasteiger charge is -2.18. The Morgan fingerprint density at radius 1 is 1.24 bits per heavy atom. The first-order valence-corrected chi connectivity index (χ1v) is 10.4. The SMILES string of the molecule is Nc1ccccc1SCc1cc(=O)n2nc(C3CCCCC3)sc2n1. The molecule has 0 unspecified atom stereocenters. The molecule has 4 rings (SSSR count). The Morgan fingerprint density at radius 3 is 2.84 bits per heavy atom. The summed E-state index contributed by atoms with van der Waals surface area (Å²) in [5.74, 6) is 1.11. The van der Waals surface area contributed by atoms with Crippen molar-refractivity contribution in [3.05, 3.63) is 51.4 Å². The first-order chi connectivity index (χ1) is 12.2. The molecule has 1 aliphatic carbocycles. The Hall–Kier alpha value is -1.86. The van der Waals surface area contributed by atoms with E-state index in [0.717, 1.165) is 21.3 Å². The van der Waals surface area contributed by atoms with Crippen molar-refractivity contribution in [2.24, 2.45) is 0 Å². The number of aromatic nitrogens is 3. The van der Waals surface area contributed by atoms with E-state index in [9.17, 15) is 4.79 Å². The standard InChI is InChI=1S/C18H20N4OS2/c19-14-8-4-5-9-15(14)24-11-13-10-16(23)22-18(20-13)25-17(21-22)12-6-2-1-3-7-12/h4-5,8-10,12H,1-3,6-7,11,19H2. The summed E-state index contributed by atoms with van der Waals surface area (Å²) in [7, 11) is 0. The minimum Gasteiger partial charge on any atom is -0.398 e. The lowest BCUT2D eigenvalue weighted by Crippen LogP contribution is -2.15. The number of hydrogen-bond acceptors (Lipinski definition) is 6. The molecule has 1 aromatic carbocycles. The summed E-state index contributed by atoms with van der Waals surface area (Å²) < 4.78 is 1.46. The van der Waals surface area contributed by atoms with Crippen molar-refractivity contribution in [1.82, 2.24) is 14.6 Å². The van der Waals surface area contributed by atoms with Gasteiger partial charge < -0.3 is 5.73 Å². The highest BCUT2D eigenvalue weighted by Gasteiger charge is 2.20. The van der Waals surface area contributed by atoms with Crippen LogP contribution in [0.1, 0.15) is 48.7 Å². The molecule has 2 heterocycles. The molecule has 2 aromatic heterocycles. The van der Waals surface area contributed by atoms with Crippen LogP contribution in [-0.4, -0.2) is 14.6 Å². The van der Waals surface area contributed by atoms with Gasteiger partial charge in [-0.3, -0.25) is 4.79 Å². The van der Waals surface area contributed by atoms with E-state index in [2.05, 4.69) is 10.1 Å². The van der Waals surface area contributed by atoms with Gasteiger partial charge in [0.05, 0.1) is 5.69 Å². The normalized spacial score (nSPS) is 15.7. The first kappa shape index (κ1) is 16.6. The van der Waals surface area contributed by atoms with Crippen LogP contribution in [0.15, 0.2) is 40.0 Å². The molecule has 0 aliphatic heterocycles. The Bertz CT molecular complexity index is 944. The molecule has 3 aromatic rings. The predicted octanol–water partition coefficient (Wildman–Crippen LogP) is 4.07. The van der Waals surface area contributed by atoms with E-state index in [1.807, 2.05) is 24.3 Å². The number of para-hydroxylation sites is 1. The fourth-order valence-corrected chi connectivity index (χ4v) is 5.18. The summed E-state index contributed by atoms with van der Waals surface area (Å²) in [5, 5.41) is 5.60. The van der Waals surface area contributed by atoms with Gasteiger partial charge in [-0.25, -0.2) is 4.98 Å². The van der Waals surface area contributed by atoms with Crippen molar-refractivity contribution in [2.75, 3.05) is 5.73 Å². The second-order valence-electron chi connectivity index (χ2n) is 6.38. The van der Waals surface area contributed by atoms with Gasteiger partial charge in [0.15, 0.2) is 0 Å². The number of benzene rings is 1. The summed E-state index contributed by atoms with van der Waals surface area (Å²) in [4.78, 5) is 18.8. The number of hydrogen-bond donors (Lipinski definition) is 1. The Balaban J connectivity index is 1.58. The third-order valence-electron chi connectivity index (χ3n) is 4.56. The van der Waals surface area contributed by atoms with Gasteiger partial charge in [0.2, 0.25) is 4.96 Å². The second-order valence-corrected chi connectivity index (χ2v) is 8.39. The average Bonchev–Trinajstić information content (AvgIpc) is 3.07. The molecule has 0 saturated heterocycles. The van der Waals surface area contributed by atoms with Gasteiger partial charge in [-0.15, -0.1) is 11.8 Å². The molecule has 25 heavy (non-hydrogen) atoms. The lowest BCUT2D eigenvalue weighted by atomic mass is 9.90. The van der Waals surface area contributed by atoms with Gasteiger partial charge in [0, 0.05) is 28.3 Å². The number of thioether (sulfide) groups is 1. The summed E-state index contributed by atoms with van der Waals surface area (Å²) in [6.45, 7) is 0. The maximum atomic E-state index is 12.4. The molecule has 2 N–H and O–H groups in total. The molecule has 1 saturated carbocycles. The topological polar surface area (TPSA) is 73.3 Å². The molecule has 0 bridgehead atoms. The fraction of sp³-hybridized carbons (Fsp3) is 0.389. The fourth-order valence-electron chi connectivity index (χ4n) is 3.22. The molecule has 0 spiro atoms. The van der Waals surface area contributed by atoms with Gasteiger partial charge in [-0.05, 0) is 25.0 Å². The number of rotatable bonds is 4. The molecule has 1 aliphatic rings. The van der Waals surface area contributed by atoms with Gasteiger partial charge >= 0.3 is 0 Å². The molecule has 130 valence electrons. The number of nitrogen functional groups attached to an aromatic ring is 1. The van der Waals surface area contributed by atoms with E-state index in [0.29, 0.717) is 16.6 Å². The third-order valence-corrected chi connectivity index (χ3v) is 6.76. The van der Waals surface area contributed by atoms with Crippen LogP contribution in [0.2, 0.25) is 0 Å². The van der Waals surface area contributed by atoms with Crippen molar-refractivity contribution in [2.45, 2.75) is 48.7 Å². The average molecular weight is 373 g/mol. The number of fused-ring (bicyclic) bond motifs is 1. The number of anilines is 1. The smallest absolute Gasteiger partial charge is 0.275 e. The minimum atomic E-state index is -0.0973. The van der Waals surface area contributed by atoms with Crippen molar-refractivity contribution in [3.63, 3.8) is 0 Å². The van der Waals surface area contributed by atoms with Crippen LogP contribution >= 0.6 is 23.1 Å². The van der Waals surface area contributed by atoms with Crippen LogP contribution < -0.4 is 11.3 Å². The van der Waals surface area contributed by atoms with E-state index in [4.69, 9.17) is 5.73 Å². The van der Waals surface area contributed by atoms with Crippen molar-refractivity contribution < 1.29 is 0 Å². The van der Waals surface area contributed by atoms with Crippen LogP contribution in [-0.2, 0) is 5.75 Å². The highest BCUT2D eigenvalue weighted by Crippen LogP contribution is 2.34. The van der Waals surface area contributed by atoms with E-state index >= 15 is 0 Å². The van der Waals surface area contributed by atoms with Gasteiger partial charge in [0.1, 0.15) is 5.01 Å². The van der Waals surface area contributed by atoms with Crippen molar-refractivity contribution in [3.8, 4) is 0 Å². The molecule has 7 heteroatoms. The first-order valence-electron chi connectivity index (χ1n) is 8.58. The molecule has 0 radical (unpaired) electrons. The van der Waals surface area contributed by atoms with Crippen LogP contribution in [0.5, 0.6) is 0 Å². The van der Waals surface area contributed by atoms with E-state index in [1.54, 1.807) is 29.2 Å². The third kappa shape index (κ3) is 3.57. The highest BCUT2D eigenvalue weighted by atomic mass is 32.2. The second kappa shape index (κ2) is 7.17. The Labute approximate surface area is 154 Å². The summed E-state index contributed by atoms with van der Waals surface area (Å²) >= 11 is 3.16. The molecule has 0 amide bonds. The quantitative estimate of drug-likeness (QED) is 0.552.